The second kappa shape index (κ2) is 9.99. The topological polar surface area (TPSA) is 47.1 Å². The van der Waals surface area contributed by atoms with Crippen molar-refractivity contribution in [1.29, 1.82) is 0 Å². The third-order valence-electron chi connectivity index (χ3n) is 4.17. The van der Waals surface area contributed by atoms with E-state index in [1.165, 1.54) is 5.56 Å². The summed E-state index contributed by atoms with van der Waals surface area (Å²) in [6.45, 7) is 3.46. The van der Waals surface area contributed by atoms with Crippen molar-refractivity contribution < 1.29 is 14.2 Å². The predicted molar refractivity (Wildman–Crippen MR) is 103 cm³/mol. The molecule has 0 unspecified atom stereocenters. The van der Waals surface area contributed by atoms with Crippen molar-refractivity contribution in [1.82, 2.24) is 14.8 Å². The number of likely N-dealkylation sites (N-methyl/N-ethyl adjacent to an activating group) is 1. The Kier molecular flexibility index (Phi) is 7.69. The van der Waals surface area contributed by atoms with Gasteiger partial charge in [0.1, 0.15) is 0 Å². The van der Waals surface area contributed by atoms with E-state index in [-0.39, 0.29) is 0 Å². The van der Waals surface area contributed by atoms with Crippen LogP contribution in [0.3, 0.4) is 0 Å². The van der Waals surface area contributed by atoms with Crippen LogP contribution in [0.5, 0.6) is 17.2 Å². The average Bonchev–Trinajstić information content (AvgIpc) is 2.66. The molecule has 0 amide bonds. The first-order valence-corrected chi connectivity index (χ1v) is 8.62. The Hall–Kier alpha value is -2.31. The lowest BCUT2D eigenvalue weighted by molar-refractivity contribution is 0.222. The lowest BCUT2D eigenvalue weighted by Crippen LogP contribution is -2.31. The van der Waals surface area contributed by atoms with Crippen molar-refractivity contribution in [3.8, 4) is 17.2 Å². The third-order valence-corrected chi connectivity index (χ3v) is 4.17. The Balaban J connectivity index is 2.26. The molecule has 0 saturated heterocycles. The standard InChI is InChI=1S/C20H29N3O3/c1-22(2)11-12-23(14-16-7-6-10-21-13-16)15-17-8-9-18(24-3)20(26-5)19(17)25-4/h6-10,13H,11-12,14-15H2,1-5H3. The molecule has 0 N–H and O–H groups in total. The molecule has 1 aromatic heterocycles. The monoisotopic (exact) mass is 359 g/mol. The van der Waals surface area contributed by atoms with Crippen LogP contribution in [0.15, 0.2) is 36.7 Å². The number of hydrogen-bond donors (Lipinski definition) is 0. The average molecular weight is 359 g/mol. The van der Waals surface area contributed by atoms with Crippen LogP contribution in [0.1, 0.15) is 11.1 Å². The second-order valence-corrected chi connectivity index (χ2v) is 6.37. The van der Waals surface area contributed by atoms with E-state index in [1.54, 1.807) is 27.5 Å². The van der Waals surface area contributed by atoms with E-state index < -0.39 is 0 Å². The Bertz CT molecular complexity index is 678. The smallest absolute Gasteiger partial charge is 0.203 e. The van der Waals surface area contributed by atoms with Crippen LogP contribution in [0.25, 0.3) is 0 Å². The highest BCUT2D eigenvalue weighted by molar-refractivity contribution is 5.55. The summed E-state index contributed by atoms with van der Waals surface area (Å²) in [4.78, 5) is 8.78. The summed E-state index contributed by atoms with van der Waals surface area (Å²) in [6, 6.07) is 8.02. The lowest BCUT2D eigenvalue weighted by atomic mass is 10.1. The highest BCUT2D eigenvalue weighted by Gasteiger charge is 2.18. The number of nitrogens with zero attached hydrogens (tertiary/aromatic N) is 3. The van der Waals surface area contributed by atoms with E-state index in [1.807, 2.05) is 24.4 Å². The first kappa shape index (κ1) is 20.0. The van der Waals surface area contributed by atoms with E-state index in [9.17, 15) is 0 Å². The van der Waals surface area contributed by atoms with Gasteiger partial charge in [-0.05, 0) is 31.8 Å². The highest BCUT2D eigenvalue weighted by atomic mass is 16.5. The number of methoxy groups -OCH3 is 3. The molecular formula is C20H29N3O3. The van der Waals surface area contributed by atoms with Gasteiger partial charge in [0, 0.05) is 44.1 Å². The van der Waals surface area contributed by atoms with Crippen molar-refractivity contribution in [2.24, 2.45) is 0 Å². The minimum Gasteiger partial charge on any atom is -0.493 e. The highest BCUT2D eigenvalue weighted by Crippen LogP contribution is 2.40. The van der Waals surface area contributed by atoms with E-state index in [0.29, 0.717) is 17.2 Å². The zero-order valence-corrected chi connectivity index (χ0v) is 16.4. The molecule has 0 spiro atoms. The quantitative estimate of drug-likeness (QED) is 0.650. The summed E-state index contributed by atoms with van der Waals surface area (Å²) in [5.41, 5.74) is 2.25. The molecule has 0 bridgehead atoms. The number of benzene rings is 1. The second-order valence-electron chi connectivity index (χ2n) is 6.37. The molecule has 0 atom stereocenters. The van der Waals surface area contributed by atoms with Crippen LogP contribution in [0, 0.1) is 0 Å². The largest absolute Gasteiger partial charge is 0.493 e. The fourth-order valence-electron chi connectivity index (χ4n) is 2.83. The van der Waals surface area contributed by atoms with Crippen molar-refractivity contribution in [2.75, 3.05) is 48.5 Å². The minimum atomic E-state index is 0.626. The van der Waals surface area contributed by atoms with E-state index in [4.69, 9.17) is 14.2 Å². The van der Waals surface area contributed by atoms with Crippen molar-refractivity contribution in [2.45, 2.75) is 13.1 Å². The van der Waals surface area contributed by atoms with Gasteiger partial charge in [0.15, 0.2) is 11.5 Å². The van der Waals surface area contributed by atoms with Gasteiger partial charge < -0.3 is 19.1 Å². The van der Waals surface area contributed by atoms with Crippen LogP contribution in [-0.4, -0.2) is 63.3 Å². The van der Waals surface area contributed by atoms with Gasteiger partial charge in [0.05, 0.1) is 21.3 Å². The normalized spacial score (nSPS) is 11.0. The van der Waals surface area contributed by atoms with Crippen molar-refractivity contribution in [3.63, 3.8) is 0 Å². The first-order valence-electron chi connectivity index (χ1n) is 8.62. The van der Waals surface area contributed by atoms with E-state index in [2.05, 4.69) is 34.9 Å². The van der Waals surface area contributed by atoms with Crippen LogP contribution in [-0.2, 0) is 13.1 Å². The molecule has 0 radical (unpaired) electrons. The van der Waals surface area contributed by atoms with Gasteiger partial charge in [-0.15, -0.1) is 0 Å². The lowest BCUT2D eigenvalue weighted by Gasteiger charge is -2.25. The molecule has 2 rings (SSSR count). The van der Waals surface area contributed by atoms with Crippen LogP contribution in [0.4, 0.5) is 0 Å². The van der Waals surface area contributed by atoms with Gasteiger partial charge in [-0.2, -0.15) is 0 Å². The van der Waals surface area contributed by atoms with E-state index >= 15 is 0 Å². The summed E-state index contributed by atoms with van der Waals surface area (Å²) in [5.74, 6) is 2.01. The Morgan fingerprint density at radius 3 is 2.23 bits per heavy atom. The molecule has 142 valence electrons. The molecule has 26 heavy (non-hydrogen) atoms. The van der Waals surface area contributed by atoms with Crippen LogP contribution in [0.2, 0.25) is 0 Å². The maximum Gasteiger partial charge on any atom is 0.203 e. The summed E-state index contributed by atoms with van der Waals surface area (Å²) in [7, 11) is 9.08. The Morgan fingerprint density at radius 1 is 0.885 bits per heavy atom. The molecular weight excluding hydrogens is 330 g/mol. The number of hydrogen-bond acceptors (Lipinski definition) is 6. The zero-order valence-electron chi connectivity index (χ0n) is 16.4. The molecule has 0 fully saturated rings. The number of rotatable bonds is 10. The molecule has 0 aliphatic carbocycles. The fraction of sp³-hybridized carbons (Fsp3) is 0.450. The van der Waals surface area contributed by atoms with Gasteiger partial charge in [-0.1, -0.05) is 12.1 Å². The van der Waals surface area contributed by atoms with Crippen molar-refractivity contribution in [3.05, 3.63) is 47.8 Å². The van der Waals surface area contributed by atoms with Crippen molar-refractivity contribution >= 4 is 0 Å². The Labute approximate surface area is 156 Å². The summed E-state index contributed by atoms with van der Waals surface area (Å²) in [6.07, 6.45) is 3.71. The molecule has 0 saturated carbocycles. The molecule has 6 heteroatoms. The molecule has 0 aliphatic rings. The molecule has 6 nitrogen and oxygen atoms in total. The minimum absolute atomic E-state index is 0.626. The molecule has 1 aromatic carbocycles. The molecule has 1 heterocycles. The zero-order chi connectivity index (χ0) is 18.9. The fourth-order valence-corrected chi connectivity index (χ4v) is 2.83. The van der Waals surface area contributed by atoms with E-state index in [0.717, 1.165) is 31.7 Å². The maximum atomic E-state index is 5.63. The molecule has 2 aromatic rings. The predicted octanol–water partition coefficient (Wildman–Crippen LogP) is 2.67. The van der Waals surface area contributed by atoms with Gasteiger partial charge in [0.25, 0.3) is 0 Å². The molecule has 0 aliphatic heterocycles. The summed E-state index contributed by atoms with van der Waals surface area (Å²) >= 11 is 0. The SMILES string of the molecule is COc1ccc(CN(CCN(C)C)Cc2cccnc2)c(OC)c1OC. The Morgan fingerprint density at radius 2 is 1.65 bits per heavy atom. The van der Waals surface area contributed by atoms with Gasteiger partial charge in [0.2, 0.25) is 5.75 Å². The van der Waals surface area contributed by atoms with Gasteiger partial charge in [-0.3, -0.25) is 9.88 Å². The van der Waals surface area contributed by atoms with Crippen LogP contribution < -0.4 is 14.2 Å². The number of pyridine rings is 1. The maximum absolute atomic E-state index is 5.63. The number of aromatic nitrogens is 1. The first-order chi connectivity index (χ1) is 12.6. The number of ether oxygens (including phenoxy) is 3. The summed E-state index contributed by atoms with van der Waals surface area (Å²) in [5, 5.41) is 0. The summed E-state index contributed by atoms with van der Waals surface area (Å²) < 4.78 is 16.5. The third kappa shape index (κ3) is 5.34. The van der Waals surface area contributed by atoms with Crippen LogP contribution >= 0.6 is 0 Å². The van der Waals surface area contributed by atoms with Gasteiger partial charge in [-0.25, -0.2) is 0 Å². The van der Waals surface area contributed by atoms with Gasteiger partial charge >= 0.3 is 0 Å².